The molecule has 0 saturated carbocycles. The number of benzene rings is 2. The molecule has 0 aliphatic carbocycles. The van der Waals surface area contributed by atoms with Gasteiger partial charge >= 0.3 is 0 Å². The van der Waals surface area contributed by atoms with Crippen LogP contribution in [0.2, 0.25) is 0 Å². The summed E-state index contributed by atoms with van der Waals surface area (Å²) < 4.78 is 5.09. The molecule has 112 valence electrons. The molecule has 0 amide bonds. The fourth-order valence-electron chi connectivity index (χ4n) is 1.81. The first-order chi connectivity index (χ1) is 10.7. The second-order valence-electron chi connectivity index (χ2n) is 4.55. The van der Waals surface area contributed by atoms with Crippen molar-refractivity contribution in [1.82, 2.24) is 0 Å². The van der Waals surface area contributed by atoms with E-state index in [4.69, 9.17) is 4.74 Å². The summed E-state index contributed by atoms with van der Waals surface area (Å²) in [7, 11) is 1.63. The van der Waals surface area contributed by atoms with Crippen LogP contribution in [-0.4, -0.2) is 18.2 Å². The van der Waals surface area contributed by atoms with Gasteiger partial charge in [-0.15, -0.1) is 0 Å². The number of non-ortho nitro benzene ring substituents is 1. The first-order valence-electron chi connectivity index (χ1n) is 6.73. The molecule has 22 heavy (non-hydrogen) atoms. The molecule has 5 heteroatoms. The van der Waals surface area contributed by atoms with E-state index >= 15 is 0 Å². The summed E-state index contributed by atoms with van der Waals surface area (Å²) in [4.78, 5) is 14.4. The number of nitro benzene ring substituents is 1. The van der Waals surface area contributed by atoms with Crippen LogP contribution in [-0.2, 0) is 6.54 Å². The zero-order chi connectivity index (χ0) is 15.8. The number of nitrogens with zero attached hydrogens (tertiary/aromatic N) is 2. The van der Waals surface area contributed by atoms with Crippen LogP contribution in [0.1, 0.15) is 11.1 Å². The molecule has 0 aliphatic rings. The molecular weight excluding hydrogens is 280 g/mol. The fourth-order valence-corrected chi connectivity index (χ4v) is 1.81. The summed E-state index contributed by atoms with van der Waals surface area (Å²) in [6.45, 7) is 0.491. The largest absolute Gasteiger partial charge is 0.497 e. The van der Waals surface area contributed by atoms with Gasteiger partial charge in [-0.1, -0.05) is 30.3 Å². The summed E-state index contributed by atoms with van der Waals surface area (Å²) in [5, 5.41) is 10.5. The van der Waals surface area contributed by atoms with Crippen LogP contribution in [0.5, 0.6) is 5.75 Å². The lowest BCUT2D eigenvalue weighted by atomic mass is 10.2. The van der Waals surface area contributed by atoms with E-state index in [1.165, 1.54) is 12.1 Å². The zero-order valence-electron chi connectivity index (χ0n) is 12.2. The molecule has 2 rings (SSSR count). The van der Waals surface area contributed by atoms with E-state index < -0.39 is 4.92 Å². The minimum Gasteiger partial charge on any atom is -0.497 e. The molecule has 0 spiro atoms. The molecule has 0 aromatic heterocycles. The maximum Gasteiger partial charge on any atom is 0.269 e. The number of aliphatic imine (C=N–C) groups is 1. The summed E-state index contributed by atoms with van der Waals surface area (Å²) in [5.74, 6) is 0.823. The molecule has 0 aliphatic heterocycles. The van der Waals surface area contributed by atoms with Gasteiger partial charge in [-0.3, -0.25) is 15.1 Å². The molecule has 2 aromatic carbocycles. The topological polar surface area (TPSA) is 64.7 Å². The molecule has 0 atom stereocenters. The number of methoxy groups -OCH3 is 1. The van der Waals surface area contributed by atoms with E-state index in [1.807, 2.05) is 36.4 Å². The molecule has 0 fully saturated rings. The molecule has 0 N–H and O–H groups in total. The van der Waals surface area contributed by atoms with Crippen LogP contribution >= 0.6 is 0 Å². The van der Waals surface area contributed by atoms with E-state index in [0.717, 1.165) is 16.9 Å². The molecular formula is C17H16N2O3. The molecule has 0 heterocycles. The predicted octanol–water partition coefficient (Wildman–Crippen LogP) is 3.89. The molecule has 0 bridgehead atoms. The highest BCUT2D eigenvalue weighted by Crippen LogP contribution is 2.13. The van der Waals surface area contributed by atoms with Crippen molar-refractivity contribution in [2.45, 2.75) is 6.54 Å². The average molecular weight is 296 g/mol. The fraction of sp³-hybridized carbons (Fsp3) is 0.118. The van der Waals surface area contributed by atoms with Crippen molar-refractivity contribution < 1.29 is 9.66 Å². The van der Waals surface area contributed by atoms with Gasteiger partial charge in [0.1, 0.15) is 5.75 Å². The lowest BCUT2D eigenvalue weighted by molar-refractivity contribution is -0.384. The Balaban J connectivity index is 1.86. The predicted molar refractivity (Wildman–Crippen MR) is 87.3 cm³/mol. The summed E-state index contributed by atoms with van der Waals surface area (Å²) in [6, 6.07) is 14.1. The van der Waals surface area contributed by atoms with Crippen molar-refractivity contribution in [3.8, 4) is 5.75 Å². The third kappa shape index (κ3) is 4.56. The van der Waals surface area contributed by atoms with E-state index in [2.05, 4.69) is 4.99 Å². The van der Waals surface area contributed by atoms with E-state index in [-0.39, 0.29) is 5.69 Å². The maximum absolute atomic E-state index is 10.5. The smallest absolute Gasteiger partial charge is 0.269 e. The van der Waals surface area contributed by atoms with Crippen LogP contribution in [0.3, 0.4) is 0 Å². The van der Waals surface area contributed by atoms with Gasteiger partial charge in [0.15, 0.2) is 0 Å². The van der Waals surface area contributed by atoms with Crippen LogP contribution in [0.15, 0.2) is 59.6 Å². The lowest BCUT2D eigenvalue weighted by Crippen LogP contribution is -1.88. The average Bonchev–Trinajstić information content (AvgIpc) is 2.55. The summed E-state index contributed by atoms with van der Waals surface area (Å²) in [6.07, 6.45) is 5.51. The Hall–Kier alpha value is -2.95. The van der Waals surface area contributed by atoms with Gasteiger partial charge in [0.05, 0.1) is 18.6 Å². The number of hydrogen-bond donors (Lipinski definition) is 0. The van der Waals surface area contributed by atoms with Crippen LogP contribution in [0.4, 0.5) is 5.69 Å². The number of hydrogen-bond acceptors (Lipinski definition) is 4. The number of nitro groups is 1. The van der Waals surface area contributed by atoms with Crippen molar-refractivity contribution in [3.05, 3.63) is 75.8 Å². The normalized spacial score (nSPS) is 11.1. The van der Waals surface area contributed by atoms with E-state index in [9.17, 15) is 10.1 Å². The molecule has 0 saturated heterocycles. The minimum atomic E-state index is -0.412. The number of allylic oxidation sites excluding steroid dienone is 1. The summed E-state index contributed by atoms with van der Waals surface area (Å²) in [5.41, 5.74) is 2.08. The van der Waals surface area contributed by atoms with Gasteiger partial charge in [-0.2, -0.15) is 0 Å². The van der Waals surface area contributed by atoms with Gasteiger partial charge in [0.2, 0.25) is 0 Å². The number of rotatable bonds is 6. The van der Waals surface area contributed by atoms with Crippen molar-refractivity contribution in [3.63, 3.8) is 0 Å². The monoisotopic (exact) mass is 296 g/mol. The quantitative estimate of drug-likeness (QED) is 0.461. The SMILES string of the molecule is COc1ccc(/C=C/C=NCc2ccc([N+](=O)[O-])cc2)cc1. The molecule has 0 radical (unpaired) electrons. The Morgan fingerprint density at radius 3 is 2.41 bits per heavy atom. The van der Waals surface area contributed by atoms with Crippen molar-refractivity contribution in [2.24, 2.45) is 4.99 Å². The Labute approximate surface area is 128 Å². The van der Waals surface area contributed by atoms with Crippen molar-refractivity contribution >= 4 is 18.0 Å². The second kappa shape index (κ2) is 7.73. The standard InChI is InChI=1S/C17H16N2O3/c1-22-17-10-6-14(7-11-17)3-2-12-18-13-15-4-8-16(9-5-15)19(20)21/h2-12H,13H2,1H3/b3-2+,18-12?. The zero-order valence-corrected chi connectivity index (χ0v) is 12.2. The van der Waals surface area contributed by atoms with E-state index in [0.29, 0.717) is 6.54 Å². The third-order valence-electron chi connectivity index (χ3n) is 3.02. The minimum absolute atomic E-state index is 0.0899. The highest BCUT2D eigenvalue weighted by molar-refractivity contribution is 5.78. The second-order valence-corrected chi connectivity index (χ2v) is 4.55. The van der Waals surface area contributed by atoms with Crippen LogP contribution in [0.25, 0.3) is 6.08 Å². The van der Waals surface area contributed by atoms with E-state index in [1.54, 1.807) is 25.5 Å². The van der Waals surface area contributed by atoms with Crippen molar-refractivity contribution in [1.29, 1.82) is 0 Å². The van der Waals surface area contributed by atoms with Crippen LogP contribution < -0.4 is 4.74 Å². The Bertz CT molecular complexity index is 674. The lowest BCUT2D eigenvalue weighted by Gasteiger charge is -1.98. The van der Waals surface area contributed by atoms with Gasteiger partial charge in [-0.05, 0) is 29.3 Å². The Kier molecular flexibility index (Phi) is 5.43. The van der Waals surface area contributed by atoms with Gasteiger partial charge in [-0.25, -0.2) is 0 Å². The molecule has 2 aromatic rings. The number of ether oxygens (including phenoxy) is 1. The first kappa shape index (κ1) is 15.4. The highest BCUT2D eigenvalue weighted by Gasteiger charge is 2.02. The van der Waals surface area contributed by atoms with Crippen LogP contribution in [0, 0.1) is 10.1 Å². The highest BCUT2D eigenvalue weighted by atomic mass is 16.6. The van der Waals surface area contributed by atoms with Gasteiger partial charge in [0.25, 0.3) is 5.69 Å². The first-order valence-corrected chi connectivity index (χ1v) is 6.73. The maximum atomic E-state index is 10.5. The third-order valence-corrected chi connectivity index (χ3v) is 3.02. The summed E-state index contributed by atoms with van der Waals surface area (Å²) >= 11 is 0. The Morgan fingerprint density at radius 2 is 1.82 bits per heavy atom. The van der Waals surface area contributed by atoms with Gasteiger partial charge in [0, 0.05) is 18.3 Å². The molecule has 5 nitrogen and oxygen atoms in total. The molecule has 0 unspecified atom stereocenters. The Morgan fingerprint density at radius 1 is 1.14 bits per heavy atom. The van der Waals surface area contributed by atoms with Gasteiger partial charge < -0.3 is 4.74 Å². The van der Waals surface area contributed by atoms with Crippen molar-refractivity contribution in [2.75, 3.05) is 7.11 Å².